The molecule has 0 amide bonds. The van der Waals surface area contributed by atoms with Gasteiger partial charge in [-0.1, -0.05) is 37.3 Å². The molecule has 0 spiro atoms. The predicted molar refractivity (Wildman–Crippen MR) is 88.4 cm³/mol. The van der Waals surface area contributed by atoms with Crippen molar-refractivity contribution >= 4 is 0 Å². The second kappa shape index (κ2) is 9.05. The van der Waals surface area contributed by atoms with Crippen LogP contribution in [-0.4, -0.2) is 24.7 Å². The number of ether oxygens (including phenoxy) is 2. The summed E-state index contributed by atoms with van der Waals surface area (Å²) in [4.78, 5) is 4.25. The highest BCUT2D eigenvalue weighted by Gasteiger charge is 2.16. The number of pyridine rings is 1. The van der Waals surface area contributed by atoms with Crippen molar-refractivity contribution in [3.05, 3.63) is 54.2 Å². The summed E-state index contributed by atoms with van der Waals surface area (Å²) in [6, 6.07) is 14.0. The lowest BCUT2D eigenvalue weighted by atomic mass is 10.1. The van der Waals surface area contributed by atoms with Gasteiger partial charge in [-0.25, -0.2) is 4.98 Å². The molecule has 2 aromatic rings. The fraction of sp³-hybridized carbons (Fsp3) is 0.389. The molecular weight excluding hydrogens is 276 g/mol. The molecule has 22 heavy (non-hydrogen) atoms. The molecule has 0 saturated carbocycles. The Hall–Kier alpha value is -2.07. The Morgan fingerprint density at radius 3 is 2.64 bits per heavy atom. The lowest BCUT2D eigenvalue weighted by Crippen LogP contribution is -2.19. The van der Waals surface area contributed by atoms with E-state index < -0.39 is 0 Å². The minimum Gasteiger partial charge on any atom is -0.480 e. The van der Waals surface area contributed by atoms with E-state index in [-0.39, 0.29) is 6.10 Å². The van der Waals surface area contributed by atoms with Crippen LogP contribution in [0.15, 0.2) is 48.7 Å². The van der Waals surface area contributed by atoms with Gasteiger partial charge in [-0.2, -0.15) is 0 Å². The van der Waals surface area contributed by atoms with Crippen molar-refractivity contribution in [1.82, 2.24) is 10.3 Å². The lowest BCUT2D eigenvalue weighted by molar-refractivity contribution is 0.180. The molecule has 1 heterocycles. The zero-order chi connectivity index (χ0) is 15.6. The molecule has 1 aromatic carbocycles. The average Bonchev–Trinajstić information content (AvgIpc) is 2.57. The summed E-state index contributed by atoms with van der Waals surface area (Å²) in [6.45, 7) is 6.48. The summed E-state index contributed by atoms with van der Waals surface area (Å²) in [6.07, 6.45) is 2.58. The number of nitrogens with one attached hydrogen (secondary N) is 1. The van der Waals surface area contributed by atoms with Crippen molar-refractivity contribution in [3.63, 3.8) is 0 Å². The highest BCUT2D eigenvalue weighted by atomic mass is 16.5. The van der Waals surface area contributed by atoms with E-state index >= 15 is 0 Å². The summed E-state index contributed by atoms with van der Waals surface area (Å²) in [7, 11) is 0. The van der Waals surface area contributed by atoms with E-state index in [0.29, 0.717) is 18.2 Å². The fourth-order valence-corrected chi connectivity index (χ4v) is 2.24. The molecule has 0 saturated heterocycles. The fourth-order valence-electron chi connectivity index (χ4n) is 2.24. The second-order valence-corrected chi connectivity index (χ2v) is 4.90. The molecule has 0 aliphatic carbocycles. The minimum atomic E-state index is -0.0244. The molecule has 0 aliphatic heterocycles. The Morgan fingerprint density at radius 1 is 1.09 bits per heavy atom. The van der Waals surface area contributed by atoms with Crippen LogP contribution in [0.25, 0.3) is 0 Å². The molecule has 2 rings (SSSR count). The maximum absolute atomic E-state index is 6.20. The van der Waals surface area contributed by atoms with Crippen LogP contribution in [-0.2, 0) is 0 Å². The van der Waals surface area contributed by atoms with Gasteiger partial charge in [-0.15, -0.1) is 0 Å². The zero-order valence-electron chi connectivity index (χ0n) is 13.3. The van der Waals surface area contributed by atoms with Crippen molar-refractivity contribution in [2.24, 2.45) is 0 Å². The third-order valence-corrected chi connectivity index (χ3v) is 3.29. The first-order valence-electron chi connectivity index (χ1n) is 7.85. The number of rotatable bonds is 9. The van der Waals surface area contributed by atoms with Crippen LogP contribution in [0.1, 0.15) is 31.9 Å². The molecule has 0 bridgehead atoms. The first-order chi connectivity index (χ1) is 10.8. The minimum absolute atomic E-state index is 0.0244. The van der Waals surface area contributed by atoms with E-state index in [9.17, 15) is 0 Å². The van der Waals surface area contributed by atoms with Crippen molar-refractivity contribution in [2.75, 3.05) is 19.7 Å². The van der Waals surface area contributed by atoms with Crippen molar-refractivity contribution < 1.29 is 9.47 Å². The van der Waals surface area contributed by atoms with Crippen LogP contribution < -0.4 is 14.8 Å². The van der Waals surface area contributed by atoms with E-state index in [1.165, 1.54) is 0 Å². The lowest BCUT2D eigenvalue weighted by Gasteiger charge is -2.21. The van der Waals surface area contributed by atoms with E-state index in [1.54, 1.807) is 6.20 Å². The molecule has 0 aliphatic rings. The standard InChI is InChI=1S/C18H24N2O2/c1-3-19-14-12-16(15-9-6-5-7-10-15)22-17-11-8-13-20-18(17)21-4-2/h5-11,13,16,19H,3-4,12,14H2,1-2H3/t16-/m1/s1. The Labute approximate surface area is 132 Å². The van der Waals surface area contributed by atoms with E-state index in [2.05, 4.69) is 29.4 Å². The largest absolute Gasteiger partial charge is 0.480 e. The van der Waals surface area contributed by atoms with Crippen LogP contribution in [0.4, 0.5) is 0 Å². The average molecular weight is 300 g/mol. The summed E-state index contributed by atoms with van der Waals surface area (Å²) in [5.74, 6) is 1.24. The summed E-state index contributed by atoms with van der Waals surface area (Å²) in [5.41, 5.74) is 1.16. The van der Waals surface area contributed by atoms with Crippen molar-refractivity contribution in [2.45, 2.75) is 26.4 Å². The first-order valence-corrected chi connectivity index (χ1v) is 7.85. The van der Waals surface area contributed by atoms with Gasteiger partial charge in [0, 0.05) is 12.6 Å². The Morgan fingerprint density at radius 2 is 1.91 bits per heavy atom. The van der Waals surface area contributed by atoms with Crippen molar-refractivity contribution in [3.8, 4) is 11.6 Å². The third kappa shape index (κ3) is 4.74. The maximum atomic E-state index is 6.20. The van der Waals surface area contributed by atoms with Gasteiger partial charge in [-0.3, -0.25) is 0 Å². The first kappa shape index (κ1) is 16.3. The van der Waals surface area contributed by atoms with Crippen LogP contribution >= 0.6 is 0 Å². The number of benzene rings is 1. The Kier molecular flexibility index (Phi) is 6.71. The monoisotopic (exact) mass is 300 g/mol. The number of nitrogens with zero attached hydrogens (tertiary/aromatic N) is 1. The van der Waals surface area contributed by atoms with Gasteiger partial charge in [-0.05, 0) is 37.7 Å². The number of hydrogen-bond acceptors (Lipinski definition) is 4. The molecule has 1 atom stereocenters. The van der Waals surface area contributed by atoms with Crippen LogP contribution in [0.3, 0.4) is 0 Å². The molecule has 118 valence electrons. The molecule has 4 heteroatoms. The van der Waals surface area contributed by atoms with E-state index in [1.807, 2.05) is 37.3 Å². The molecule has 4 nitrogen and oxygen atoms in total. The van der Waals surface area contributed by atoms with Crippen molar-refractivity contribution in [1.29, 1.82) is 0 Å². The van der Waals surface area contributed by atoms with E-state index in [0.717, 1.165) is 25.1 Å². The van der Waals surface area contributed by atoms with Gasteiger partial charge < -0.3 is 14.8 Å². The highest BCUT2D eigenvalue weighted by Crippen LogP contribution is 2.30. The molecule has 0 radical (unpaired) electrons. The van der Waals surface area contributed by atoms with Gasteiger partial charge in [0.05, 0.1) is 6.61 Å². The topological polar surface area (TPSA) is 43.4 Å². The molecule has 1 N–H and O–H groups in total. The van der Waals surface area contributed by atoms with E-state index in [4.69, 9.17) is 9.47 Å². The van der Waals surface area contributed by atoms with Gasteiger partial charge in [0.25, 0.3) is 5.88 Å². The number of hydrogen-bond donors (Lipinski definition) is 1. The summed E-state index contributed by atoms with van der Waals surface area (Å²) in [5, 5.41) is 3.35. The highest BCUT2D eigenvalue weighted by molar-refractivity contribution is 5.33. The maximum Gasteiger partial charge on any atom is 0.257 e. The summed E-state index contributed by atoms with van der Waals surface area (Å²) >= 11 is 0. The van der Waals surface area contributed by atoms with Crippen LogP contribution in [0.5, 0.6) is 11.6 Å². The molecule has 1 aromatic heterocycles. The Bertz CT molecular complexity index is 546. The SMILES string of the molecule is CCNCC[C@@H](Oc1cccnc1OCC)c1ccccc1. The van der Waals surface area contributed by atoms with Gasteiger partial charge in [0.2, 0.25) is 0 Å². The van der Waals surface area contributed by atoms with Gasteiger partial charge in [0.15, 0.2) is 5.75 Å². The molecule has 0 unspecified atom stereocenters. The van der Waals surface area contributed by atoms with Crippen LogP contribution in [0.2, 0.25) is 0 Å². The number of aromatic nitrogens is 1. The normalized spacial score (nSPS) is 11.9. The third-order valence-electron chi connectivity index (χ3n) is 3.29. The second-order valence-electron chi connectivity index (χ2n) is 4.90. The predicted octanol–water partition coefficient (Wildman–Crippen LogP) is 3.60. The van der Waals surface area contributed by atoms with Gasteiger partial charge >= 0.3 is 0 Å². The summed E-state index contributed by atoms with van der Waals surface area (Å²) < 4.78 is 11.8. The molecule has 0 fully saturated rings. The smallest absolute Gasteiger partial charge is 0.257 e. The molecular formula is C18H24N2O2. The Balaban J connectivity index is 2.15. The van der Waals surface area contributed by atoms with Crippen LogP contribution in [0, 0.1) is 0 Å². The van der Waals surface area contributed by atoms with Gasteiger partial charge in [0.1, 0.15) is 6.10 Å². The zero-order valence-corrected chi connectivity index (χ0v) is 13.3. The quantitative estimate of drug-likeness (QED) is 0.719.